The molecule has 0 aromatic heterocycles. The second-order valence-corrected chi connectivity index (χ2v) is 7.93. The molecule has 0 heterocycles. The Kier molecular flexibility index (Phi) is 12.1. The van der Waals surface area contributed by atoms with Crippen molar-refractivity contribution >= 4 is 7.94 Å². The molecule has 0 rings (SSSR count). The Labute approximate surface area is 126 Å². The highest BCUT2D eigenvalue weighted by atomic mass is 31.2. The van der Waals surface area contributed by atoms with E-state index in [1.54, 1.807) is 0 Å². The maximum absolute atomic E-state index is 10.1. The quantitative estimate of drug-likeness (QED) is 0.357. The Morgan fingerprint density at radius 3 is 2.10 bits per heavy atom. The Morgan fingerprint density at radius 2 is 1.55 bits per heavy atom. The van der Waals surface area contributed by atoms with Crippen molar-refractivity contribution in [3.63, 3.8) is 0 Å². The molecule has 0 saturated heterocycles. The van der Waals surface area contributed by atoms with Gasteiger partial charge >= 0.3 is 7.94 Å². The lowest BCUT2D eigenvalue weighted by Crippen LogP contribution is -2.16. The average molecular weight is 307 g/mol. The van der Waals surface area contributed by atoms with Crippen molar-refractivity contribution in [2.24, 2.45) is 5.92 Å². The zero-order valence-electron chi connectivity index (χ0n) is 14.0. The van der Waals surface area contributed by atoms with Crippen LogP contribution in [-0.4, -0.2) is 22.1 Å². The fourth-order valence-electron chi connectivity index (χ4n) is 2.50. The highest BCUT2D eigenvalue weighted by Gasteiger charge is 2.40. The highest BCUT2D eigenvalue weighted by Crippen LogP contribution is 2.54. The molecule has 0 saturated carbocycles. The summed E-state index contributed by atoms with van der Waals surface area (Å²) in [7, 11) is -3.17. The fourth-order valence-corrected chi connectivity index (χ4v) is 4.38. The average Bonchev–Trinajstić information content (AvgIpc) is 2.39. The van der Waals surface area contributed by atoms with Crippen molar-refractivity contribution in [3.8, 4) is 0 Å². The summed E-state index contributed by atoms with van der Waals surface area (Å²) in [6.45, 7) is 8.44. The van der Waals surface area contributed by atoms with Crippen LogP contribution in [0.3, 0.4) is 0 Å². The van der Waals surface area contributed by atoms with E-state index in [1.807, 2.05) is 6.92 Å². The van der Waals surface area contributed by atoms with Crippen molar-refractivity contribution < 1.29 is 14.3 Å². The molecule has 3 nitrogen and oxygen atoms in total. The molecule has 4 heteroatoms. The van der Waals surface area contributed by atoms with Gasteiger partial charge in [-0.05, 0) is 26.2 Å². The van der Waals surface area contributed by atoms with Crippen LogP contribution >= 0.6 is 7.94 Å². The third kappa shape index (κ3) is 11.0. The van der Waals surface area contributed by atoms with Crippen LogP contribution in [0.15, 0.2) is 0 Å². The van der Waals surface area contributed by atoms with E-state index in [0.29, 0.717) is 12.1 Å². The van der Waals surface area contributed by atoms with Crippen molar-refractivity contribution in [3.05, 3.63) is 0 Å². The largest absolute Gasteiger partial charge is 0.406 e. The Balaban J connectivity index is 4.01. The van der Waals surface area contributed by atoms with Crippen molar-refractivity contribution in [1.82, 2.24) is 0 Å². The van der Waals surface area contributed by atoms with Crippen LogP contribution in [0, 0.1) is 5.92 Å². The minimum absolute atomic E-state index is 0.0427. The lowest BCUT2D eigenvalue weighted by molar-refractivity contribution is 0.152. The van der Waals surface area contributed by atoms with Gasteiger partial charge in [-0.2, -0.15) is 14.3 Å². The highest BCUT2D eigenvalue weighted by molar-refractivity contribution is 7.59. The van der Waals surface area contributed by atoms with E-state index in [-0.39, 0.29) is 6.10 Å². The first kappa shape index (κ1) is 20.3. The van der Waals surface area contributed by atoms with E-state index in [0.717, 1.165) is 38.5 Å². The van der Waals surface area contributed by atoms with Crippen molar-refractivity contribution in [1.29, 1.82) is 0 Å². The van der Waals surface area contributed by atoms with Gasteiger partial charge in [-0.3, -0.25) is 0 Å². The van der Waals surface area contributed by atoms with Gasteiger partial charge < -0.3 is 0 Å². The maximum Gasteiger partial charge on any atom is 0.406 e. The zero-order valence-corrected chi connectivity index (χ0v) is 14.9. The summed E-state index contributed by atoms with van der Waals surface area (Å²) in [4.78, 5) is 20.3. The summed E-state index contributed by atoms with van der Waals surface area (Å²) in [6.07, 6.45) is 10.5. The van der Waals surface area contributed by atoms with Gasteiger partial charge in [-0.15, -0.1) is 0 Å². The summed E-state index contributed by atoms with van der Waals surface area (Å²) >= 11 is 0. The molecule has 0 aromatic rings. The predicted molar refractivity (Wildman–Crippen MR) is 88.8 cm³/mol. The van der Waals surface area contributed by atoms with Gasteiger partial charge in [0.15, 0.2) is 0 Å². The Hall–Kier alpha value is 0.310. The third-order valence-electron chi connectivity index (χ3n) is 3.85. The van der Waals surface area contributed by atoms with E-state index in [4.69, 9.17) is 4.52 Å². The summed E-state index contributed by atoms with van der Waals surface area (Å²) in [6, 6.07) is 0. The Bertz CT molecular complexity index is 222. The molecule has 20 heavy (non-hydrogen) atoms. The molecule has 0 bridgehead atoms. The topological polar surface area (TPSA) is 49.7 Å². The summed E-state index contributed by atoms with van der Waals surface area (Å²) < 4.78 is 5.55. The smallest absolute Gasteiger partial charge is 0.193 e. The van der Waals surface area contributed by atoms with Crippen molar-refractivity contribution in [2.75, 3.05) is 6.16 Å². The SMILES string of the molecule is CCCCCCC(C)O[P+](O)(O)CC(CC)CCCC. The summed E-state index contributed by atoms with van der Waals surface area (Å²) in [5.41, 5.74) is 0. The van der Waals surface area contributed by atoms with Gasteiger partial charge in [-0.25, -0.2) is 0 Å². The molecule has 0 aromatic carbocycles. The van der Waals surface area contributed by atoms with E-state index < -0.39 is 7.94 Å². The molecular weight excluding hydrogens is 271 g/mol. The van der Waals surface area contributed by atoms with Gasteiger partial charge in [-0.1, -0.05) is 59.3 Å². The number of hydrogen-bond donors (Lipinski definition) is 2. The minimum atomic E-state index is -3.17. The summed E-state index contributed by atoms with van der Waals surface area (Å²) in [5, 5.41) is 0. The first-order valence-corrected chi connectivity index (χ1v) is 10.3. The number of hydrogen-bond acceptors (Lipinski definition) is 3. The molecule has 0 aliphatic heterocycles. The zero-order chi connectivity index (χ0) is 15.4. The summed E-state index contributed by atoms with van der Waals surface area (Å²) in [5.74, 6) is 0.380. The number of rotatable bonds is 13. The molecule has 0 aliphatic carbocycles. The monoisotopic (exact) mass is 307 g/mol. The van der Waals surface area contributed by atoms with E-state index in [2.05, 4.69) is 20.8 Å². The molecular formula is C16H36O3P+. The van der Waals surface area contributed by atoms with Gasteiger partial charge in [0, 0.05) is 5.92 Å². The van der Waals surface area contributed by atoms with Gasteiger partial charge in [0.1, 0.15) is 12.3 Å². The van der Waals surface area contributed by atoms with E-state index in [1.165, 1.54) is 19.3 Å². The van der Waals surface area contributed by atoms with E-state index in [9.17, 15) is 9.79 Å². The first-order valence-electron chi connectivity index (χ1n) is 8.47. The van der Waals surface area contributed by atoms with Crippen LogP contribution in [-0.2, 0) is 4.52 Å². The van der Waals surface area contributed by atoms with Crippen LogP contribution in [0.5, 0.6) is 0 Å². The lowest BCUT2D eigenvalue weighted by Gasteiger charge is -2.20. The molecule has 2 atom stereocenters. The van der Waals surface area contributed by atoms with Crippen LogP contribution < -0.4 is 0 Å². The number of unbranched alkanes of at least 4 members (excludes halogenated alkanes) is 4. The minimum Gasteiger partial charge on any atom is -0.193 e. The van der Waals surface area contributed by atoms with Crippen LogP contribution in [0.1, 0.15) is 85.5 Å². The molecule has 2 N–H and O–H groups in total. The normalized spacial score (nSPS) is 15.3. The third-order valence-corrected chi connectivity index (χ3v) is 5.54. The lowest BCUT2D eigenvalue weighted by atomic mass is 10.0. The molecule has 0 radical (unpaired) electrons. The molecule has 0 spiro atoms. The van der Waals surface area contributed by atoms with Gasteiger partial charge in [0.05, 0.1) is 0 Å². The van der Waals surface area contributed by atoms with Crippen molar-refractivity contribution in [2.45, 2.75) is 91.6 Å². The van der Waals surface area contributed by atoms with Crippen LogP contribution in [0.25, 0.3) is 0 Å². The predicted octanol–water partition coefficient (Wildman–Crippen LogP) is 5.33. The van der Waals surface area contributed by atoms with Crippen LogP contribution in [0.2, 0.25) is 0 Å². The molecule has 2 unspecified atom stereocenters. The fraction of sp³-hybridized carbons (Fsp3) is 1.00. The second-order valence-electron chi connectivity index (χ2n) is 6.03. The maximum atomic E-state index is 10.1. The Morgan fingerprint density at radius 1 is 0.900 bits per heavy atom. The second kappa shape index (κ2) is 11.9. The van der Waals surface area contributed by atoms with Gasteiger partial charge in [0.2, 0.25) is 0 Å². The van der Waals surface area contributed by atoms with E-state index >= 15 is 0 Å². The molecule has 0 aliphatic rings. The standard InChI is InChI=1S/C16H36O3P/c1-5-8-10-11-12-15(4)19-20(17,18)14-16(7-3)13-9-6-2/h15-18H,5-14H2,1-4H3/q+1. The molecule has 122 valence electrons. The molecule has 0 fully saturated rings. The first-order chi connectivity index (χ1) is 9.45. The van der Waals surface area contributed by atoms with Crippen LogP contribution in [0.4, 0.5) is 0 Å². The van der Waals surface area contributed by atoms with Gasteiger partial charge in [0.25, 0.3) is 0 Å². The molecule has 0 amide bonds.